The molecular weight excluding hydrogens is 284 g/mol. The lowest BCUT2D eigenvalue weighted by Crippen LogP contribution is -2.38. The van der Waals surface area contributed by atoms with E-state index in [0.29, 0.717) is 36.9 Å². The molecule has 1 amide bonds. The minimum absolute atomic E-state index is 0.0317. The molecule has 2 aromatic rings. The molecule has 0 aliphatic heterocycles. The van der Waals surface area contributed by atoms with Crippen molar-refractivity contribution in [2.24, 2.45) is 5.92 Å². The Morgan fingerprint density at radius 2 is 2.05 bits per heavy atom. The van der Waals surface area contributed by atoms with Crippen LogP contribution in [0.4, 0.5) is 0 Å². The molecule has 1 fully saturated rings. The second-order valence-corrected chi connectivity index (χ2v) is 5.80. The highest BCUT2D eigenvalue weighted by Crippen LogP contribution is 2.24. The van der Waals surface area contributed by atoms with Crippen LogP contribution in [0.1, 0.15) is 41.7 Å². The van der Waals surface area contributed by atoms with Crippen LogP contribution in [-0.4, -0.2) is 38.2 Å². The number of rotatable bonds is 3. The average Bonchev–Trinajstić information content (AvgIpc) is 2.88. The zero-order chi connectivity index (χ0) is 15.7. The van der Waals surface area contributed by atoms with Crippen LogP contribution in [0.3, 0.4) is 0 Å². The second kappa shape index (κ2) is 5.75. The lowest BCUT2D eigenvalue weighted by Gasteiger charge is -2.26. The third-order valence-electron chi connectivity index (χ3n) is 4.27. The molecule has 116 valence electrons. The van der Waals surface area contributed by atoms with Gasteiger partial charge >= 0.3 is 5.97 Å². The Morgan fingerprint density at radius 1 is 1.32 bits per heavy atom. The Hall–Kier alpha value is -2.44. The van der Waals surface area contributed by atoms with Gasteiger partial charge in [-0.05, 0) is 38.7 Å². The van der Waals surface area contributed by atoms with Gasteiger partial charge in [0.05, 0.1) is 11.5 Å². The molecule has 1 aliphatic rings. The molecule has 0 saturated heterocycles. The number of aromatic nitrogens is 3. The summed E-state index contributed by atoms with van der Waals surface area (Å²) in [4.78, 5) is 27.4. The van der Waals surface area contributed by atoms with E-state index in [1.807, 2.05) is 6.92 Å². The van der Waals surface area contributed by atoms with Crippen molar-refractivity contribution in [3.05, 3.63) is 23.5 Å². The zero-order valence-corrected chi connectivity index (χ0v) is 12.3. The van der Waals surface area contributed by atoms with E-state index in [9.17, 15) is 9.59 Å². The Bertz CT molecular complexity index is 717. The molecule has 0 unspecified atom stereocenters. The van der Waals surface area contributed by atoms with Crippen LogP contribution in [0.5, 0.6) is 0 Å². The lowest BCUT2D eigenvalue weighted by atomic mass is 9.86. The van der Waals surface area contributed by atoms with E-state index in [4.69, 9.17) is 5.11 Å². The maximum atomic E-state index is 12.3. The number of aliphatic carboxylic acids is 1. The summed E-state index contributed by atoms with van der Waals surface area (Å²) in [5.74, 6) is -1.19. The van der Waals surface area contributed by atoms with Gasteiger partial charge in [-0.15, -0.1) is 0 Å². The zero-order valence-electron chi connectivity index (χ0n) is 12.3. The van der Waals surface area contributed by atoms with Gasteiger partial charge in [0.25, 0.3) is 5.91 Å². The molecule has 2 heterocycles. The molecule has 22 heavy (non-hydrogen) atoms. The second-order valence-electron chi connectivity index (χ2n) is 5.80. The summed E-state index contributed by atoms with van der Waals surface area (Å²) < 4.78 is 0. The number of carbonyl (C=O) groups is 2. The standard InChI is InChI=1S/C15H18N4O3/c1-8-12-6-10(7-16-13(12)19-18-8)14(20)17-11-4-2-9(3-5-11)15(21)22/h6-7,9,11H,2-5H2,1H3,(H,17,20)(H,21,22)(H,16,18,19). The molecule has 2 aromatic heterocycles. The van der Waals surface area contributed by atoms with Crippen molar-refractivity contribution >= 4 is 22.9 Å². The smallest absolute Gasteiger partial charge is 0.306 e. The minimum atomic E-state index is -0.741. The summed E-state index contributed by atoms with van der Waals surface area (Å²) in [6.45, 7) is 1.88. The SMILES string of the molecule is Cc1[nH]nc2ncc(C(=O)NC3CCC(C(=O)O)CC3)cc12. The van der Waals surface area contributed by atoms with Gasteiger partial charge in [0, 0.05) is 23.3 Å². The third kappa shape index (κ3) is 2.79. The number of nitrogens with one attached hydrogen (secondary N) is 2. The van der Waals surface area contributed by atoms with Crippen LogP contribution >= 0.6 is 0 Å². The molecule has 0 radical (unpaired) electrons. The molecule has 7 nitrogen and oxygen atoms in total. The van der Waals surface area contributed by atoms with Crippen LogP contribution < -0.4 is 5.32 Å². The van der Waals surface area contributed by atoms with Gasteiger partial charge in [0.15, 0.2) is 5.65 Å². The van der Waals surface area contributed by atoms with Gasteiger partial charge in [-0.2, -0.15) is 5.10 Å². The van der Waals surface area contributed by atoms with E-state index in [-0.39, 0.29) is 17.9 Å². The molecule has 0 atom stereocenters. The number of fused-ring (bicyclic) bond motifs is 1. The molecule has 0 aromatic carbocycles. The van der Waals surface area contributed by atoms with Crippen molar-refractivity contribution in [3.63, 3.8) is 0 Å². The highest BCUT2D eigenvalue weighted by Gasteiger charge is 2.27. The van der Waals surface area contributed by atoms with E-state index in [2.05, 4.69) is 20.5 Å². The van der Waals surface area contributed by atoms with E-state index < -0.39 is 5.97 Å². The summed E-state index contributed by atoms with van der Waals surface area (Å²) >= 11 is 0. The number of H-pyrrole nitrogens is 1. The Kier molecular flexibility index (Phi) is 3.79. The number of carboxylic acid groups (broad SMARTS) is 1. The molecule has 0 bridgehead atoms. The Balaban J connectivity index is 1.66. The summed E-state index contributed by atoms with van der Waals surface area (Å²) in [5, 5.41) is 19.7. The number of nitrogens with zero attached hydrogens (tertiary/aromatic N) is 2. The monoisotopic (exact) mass is 302 g/mol. The Labute approximate surface area is 127 Å². The largest absolute Gasteiger partial charge is 0.481 e. The predicted octanol–water partition coefficient (Wildman–Crippen LogP) is 1.64. The van der Waals surface area contributed by atoms with Crippen LogP contribution in [0.15, 0.2) is 12.3 Å². The van der Waals surface area contributed by atoms with Gasteiger partial charge in [-0.25, -0.2) is 4.98 Å². The summed E-state index contributed by atoms with van der Waals surface area (Å²) in [6, 6.07) is 1.81. The number of hydrogen-bond acceptors (Lipinski definition) is 4. The third-order valence-corrected chi connectivity index (χ3v) is 4.27. The van der Waals surface area contributed by atoms with Gasteiger partial charge in [0.1, 0.15) is 0 Å². The number of hydrogen-bond donors (Lipinski definition) is 3. The Morgan fingerprint density at radius 3 is 2.73 bits per heavy atom. The number of carbonyl (C=O) groups excluding carboxylic acids is 1. The first kappa shape index (κ1) is 14.5. The number of amides is 1. The first-order valence-corrected chi connectivity index (χ1v) is 7.39. The first-order valence-electron chi connectivity index (χ1n) is 7.39. The van der Waals surface area contributed by atoms with E-state index >= 15 is 0 Å². The van der Waals surface area contributed by atoms with Gasteiger partial charge in [0.2, 0.25) is 0 Å². The van der Waals surface area contributed by atoms with Crippen molar-refractivity contribution in [2.75, 3.05) is 0 Å². The highest BCUT2D eigenvalue weighted by molar-refractivity contribution is 5.97. The summed E-state index contributed by atoms with van der Waals surface area (Å²) in [5.41, 5.74) is 1.97. The van der Waals surface area contributed by atoms with Crippen LogP contribution in [-0.2, 0) is 4.79 Å². The van der Waals surface area contributed by atoms with Crippen LogP contribution in [0.2, 0.25) is 0 Å². The predicted molar refractivity (Wildman–Crippen MR) is 79.5 cm³/mol. The molecule has 1 saturated carbocycles. The van der Waals surface area contributed by atoms with E-state index in [1.54, 1.807) is 6.07 Å². The molecule has 7 heteroatoms. The van der Waals surface area contributed by atoms with Gasteiger partial charge in [-0.3, -0.25) is 14.7 Å². The van der Waals surface area contributed by atoms with Crippen molar-refractivity contribution < 1.29 is 14.7 Å². The van der Waals surface area contributed by atoms with Crippen LogP contribution in [0.25, 0.3) is 11.0 Å². The maximum Gasteiger partial charge on any atom is 0.306 e. The fourth-order valence-corrected chi connectivity index (χ4v) is 2.90. The molecule has 3 rings (SSSR count). The average molecular weight is 302 g/mol. The minimum Gasteiger partial charge on any atom is -0.481 e. The van der Waals surface area contributed by atoms with Crippen LogP contribution in [0, 0.1) is 12.8 Å². The number of pyridine rings is 1. The van der Waals surface area contributed by atoms with Crippen molar-refractivity contribution in [3.8, 4) is 0 Å². The van der Waals surface area contributed by atoms with Crippen molar-refractivity contribution in [1.82, 2.24) is 20.5 Å². The van der Waals surface area contributed by atoms with E-state index in [1.165, 1.54) is 6.20 Å². The summed E-state index contributed by atoms with van der Waals surface area (Å²) in [7, 11) is 0. The van der Waals surface area contributed by atoms with Gasteiger partial charge in [-0.1, -0.05) is 0 Å². The number of aryl methyl sites for hydroxylation is 1. The summed E-state index contributed by atoms with van der Waals surface area (Å²) in [6.07, 6.45) is 4.13. The van der Waals surface area contributed by atoms with Gasteiger partial charge < -0.3 is 10.4 Å². The molecule has 1 aliphatic carbocycles. The lowest BCUT2D eigenvalue weighted by molar-refractivity contribution is -0.142. The number of aromatic amines is 1. The quantitative estimate of drug-likeness (QED) is 0.798. The van der Waals surface area contributed by atoms with E-state index in [0.717, 1.165) is 11.1 Å². The molecule has 3 N–H and O–H groups in total. The first-order chi connectivity index (χ1) is 10.5. The highest BCUT2D eigenvalue weighted by atomic mass is 16.4. The fourth-order valence-electron chi connectivity index (χ4n) is 2.90. The normalized spacial score (nSPS) is 21.7. The maximum absolute atomic E-state index is 12.3. The molecule has 0 spiro atoms. The van der Waals surface area contributed by atoms with Crippen molar-refractivity contribution in [1.29, 1.82) is 0 Å². The topological polar surface area (TPSA) is 108 Å². The van der Waals surface area contributed by atoms with Crippen molar-refractivity contribution in [2.45, 2.75) is 38.6 Å². The molecular formula is C15H18N4O3. The number of carboxylic acids is 1. The fraction of sp³-hybridized carbons (Fsp3) is 0.467.